The first-order valence-electron chi connectivity index (χ1n) is 4.99. The first-order chi connectivity index (χ1) is 7.60. The van der Waals surface area contributed by atoms with Crippen LogP contribution in [0, 0.1) is 15.9 Å². The molecule has 88 valence electrons. The average Bonchev–Trinajstić information content (AvgIpc) is 2.25. The number of anilines is 1. The van der Waals surface area contributed by atoms with E-state index in [-0.39, 0.29) is 11.4 Å². The van der Waals surface area contributed by atoms with Gasteiger partial charge in [-0.05, 0) is 13.0 Å². The third kappa shape index (κ3) is 2.66. The first kappa shape index (κ1) is 12.4. The summed E-state index contributed by atoms with van der Waals surface area (Å²) >= 11 is 0. The van der Waals surface area contributed by atoms with Gasteiger partial charge in [-0.1, -0.05) is 0 Å². The van der Waals surface area contributed by atoms with Gasteiger partial charge in [-0.3, -0.25) is 10.1 Å². The van der Waals surface area contributed by atoms with Crippen LogP contribution in [-0.4, -0.2) is 24.6 Å². The fraction of sp³-hybridized carbons (Fsp3) is 0.400. The Balaban J connectivity index is 3.16. The molecule has 0 aromatic heterocycles. The summed E-state index contributed by atoms with van der Waals surface area (Å²) in [5.41, 5.74) is 5.58. The Morgan fingerprint density at radius 1 is 1.56 bits per heavy atom. The van der Waals surface area contributed by atoms with Crippen molar-refractivity contribution < 1.29 is 9.31 Å². The zero-order valence-corrected chi connectivity index (χ0v) is 9.02. The SMILES string of the molecule is CCN(CCN)c1cc(F)ccc1[N+](=O)[O-]. The van der Waals surface area contributed by atoms with Crippen LogP contribution in [-0.2, 0) is 0 Å². The lowest BCUT2D eigenvalue weighted by molar-refractivity contribution is -0.384. The average molecular weight is 227 g/mol. The summed E-state index contributed by atoms with van der Waals surface area (Å²) in [6, 6.07) is 3.42. The molecule has 6 heteroatoms. The van der Waals surface area contributed by atoms with E-state index in [1.807, 2.05) is 6.92 Å². The topological polar surface area (TPSA) is 72.4 Å². The number of benzene rings is 1. The molecule has 0 bridgehead atoms. The normalized spacial score (nSPS) is 10.2. The summed E-state index contributed by atoms with van der Waals surface area (Å²) in [5.74, 6) is -0.490. The number of nitrogens with zero attached hydrogens (tertiary/aromatic N) is 2. The second kappa shape index (κ2) is 5.41. The standard InChI is InChI=1S/C10H14FN3O2/c1-2-13(6-5-12)10-7-8(11)3-4-9(10)14(15)16/h3-4,7H,2,5-6,12H2,1H3. The van der Waals surface area contributed by atoms with E-state index in [0.29, 0.717) is 19.6 Å². The van der Waals surface area contributed by atoms with Crippen molar-refractivity contribution in [3.63, 3.8) is 0 Å². The molecule has 1 aromatic rings. The molecule has 1 aromatic carbocycles. The predicted molar refractivity (Wildman–Crippen MR) is 60.0 cm³/mol. The van der Waals surface area contributed by atoms with Crippen molar-refractivity contribution in [2.45, 2.75) is 6.92 Å². The summed E-state index contributed by atoms with van der Waals surface area (Å²) in [7, 11) is 0. The van der Waals surface area contributed by atoms with Crippen LogP contribution in [0.15, 0.2) is 18.2 Å². The van der Waals surface area contributed by atoms with E-state index >= 15 is 0 Å². The van der Waals surface area contributed by atoms with Gasteiger partial charge >= 0.3 is 0 Å². The van der Waals surface area contributed by atoms with Crippen molar-refractivity contribution in [1.82, 2.24) is 0 Å². The van der Waals surface area contributed by atoms with Gasteiger partial charge in [0.15, 0.2) is 0 Å². The van der Waals surface area contributed by atoms with Gasteiger partial charge in [0.2, 0.25) is 0 Å². The number of likely N-dealkylation sites (N-methyl/N-ethyl adjacent to an activating group) is 1. The van der Waals surface area contributed by atoms with E-state index in [0.717, 1.165) is 12.1 Å². The highest BCUT2D eigenvalue weighted by Crippen LogP contribution is 2.28. The lowest BCUT2D eigenvalue weighted by Gasteiger charge is -2.21. The maximum Gasteiger partial charge on any atom is 0.292 e. The lowest BCUT2D eigenvalue weighted by atomic mass is 10.2. The van der Waals surface area contributed by atoms with E-state index in [9.17, 15) is 14.5 Å². The number of hydrogen-bond donors (Lipinski definition) is 1. The zero-order valence-electron chi connectivity index (χ0n) is 9.02. The molecule has 0 aliphatic carbocycles. The van der Waals surface area contributed by atoms with Crippen LogP contribution in [0.1, 0.15) is 6.92 Å². The van der Waals surface area contributed by atoms with Gasteiger partial charge in [-0.25, -0.2) is 4.39 Å². The van der Waals surface area contributed by atoms with Crippen LogP contribution < -0.4 is 10.6 Å². The maximum absolute atomic E-state index is 13.1. The van der Waals surface area contributed by atoms with E-state index in [1.165, 1.54) is 6.07 Å². The van der Waals surface area contributed by atoms with Crippen LogP contribution >= 0.6 is 0 Å². The van der Waals surface area contributed by atoms with Gasteiger partial charge in [0, 0.05) is 31.8 Å². The molecule has 0 radical (unpaired) electrons. The number of nitrogens with two attached hydrogens (primary N) is 1. The minimum absolute atomic E-state index is 0.100. The summed E-state index contributed by atoms with van der Waals surface area (Å²) in [5, 5.41) is 10.8. The zero-order chi connectivity index (χ0) is 12.1. The van der Waals surface area contributed by atoms with E-state index < -0.39 is 10.7 Å². The Morgan fingerprint density at radius 3 is 2.75 bits per heavy atom. The molecule has 0 aliphatic rings. The Morgan fingerprint density at radius 2 is 2.25 bits per heavy atom. The summed E-state index contributed by atoms with van der Waals surface area (Å²) in [4.78, 5) is 11.9. The van der Waals surface area contributed by atoms with Crippen molar-refractivity contribution in [2.75, 3.05) is 24.5 Å². The van der Waals surface area contributed by atoms with Gasteiger partial charge in [0.25, 0.3) is 5.69 Å². The lowest BCUT2D eigenvalue weighted by Crippen LogP contribution is -2.29. The predicted octanol–water partition coefficient (Wildman–Crippen LogP) is 1.52. The highest BCUT2D eigenvalue weighted by atomic mass is 19.1. The second-order valence-corrected chi connectivity index (χ2v) is 3.26. The van der Waals surface area contributed by atoms with E-state index in [4.69, 9.17) is 5.73 Å². The fourth-order valence-electron chi connectivity index (χ4n) is 1.51. The molecule has 0 spiro atoms. The Bertz CT molecular complexity index is 384. The molecule has 0 saturated carbocycles. The molecule has 16 heavy (non-hydrogen) atoms. The third-order valence-corrected chi connectivity index (χ3v) is 2.26. The van der Waals surface area contributed by atoms with Crippen LogP contribution in [0.3, 0.4) is 0 Å². The third-order valence-electron chi connectivity index (χ3n) is 2.26. The monoisotopic (exact) mass is 227 g/mol. The molecule has 0 amide bonds. The smallest absolute Gasteiger partial charge is 0.292 e. The van der Waals surface area contributed by atoms with Crippen molar-refractivity contribution in [1.29, 1.82) is 0 Å². The highest BCUT2D eigenvalue weighted by molar-refractivity contribution is 5.63. The Kier molecular flexibility index (Phi) is 4.19. The van der Waals surface area contributed by atoms with E-state index in [2.05, 4.69) is 0 Å². The largest absolute Gasteiger partial charge is 0.365 e. The molecule has 0 aliphatic heterocycles. The van der Waals surface area contributed by atoms with Gasteiger partial charge in [-0.15, -0.1) is 0 Å². The summed E-state index contributed by atoms with van der Waals surface area (Å²) < 4.78 is 13.1. The Labute approximate surface area is 92.8 Å². The van der Waals surface area contributed by atoms with E-state index in [1.54, 1.807) is 4.90 Å². The van der Waals surface area contributed by atoms with Gasteiger partial charge in [-0.2, -0.15) is 0 Å². The molecule has 2 N–H and O–H groups in total. The molecular formula is C10H14FN3O2. The number of nitro benzene ring substituents is 1. The number of halogens is 1. The molecule has 0 unspecified atom stereocenters. The van der Waals surface area contributed by atoms with Crippen molar-refractivity contribution in [3.8, 4) is 0 Å². The number of hydrogen-bond acceptors (Lipinski definition) is 4. The second-order valence-electron chi connectivity index (χ2n) is 3.26. The van der Waals surface area contributed by atoms with Gasteiger partial charge in [0.05, 0.1) is 4.92 Å². The van der Waals surface area contributed by atoms with Crippen LogP contribution in [0.5, 0.6) is 0 Å². The van der Waals surface area contributed by atoms with Crippen molar-refractivity contribution in [3.05, 3.63) is 34.1 Å². The quantitative estimate of drug-likeness (QED) is 0.611. The molecular weight excluding hydrogens is 213 g/mol. The molecule has 5 nitrogen and oxygen atoms in total. The molecule has 0 heterocycles. The fourth-order valence-corrected chi connectivity index (χ4v) is 1.51. The molecule has 1 rings (SSSR count). The van der Waals surface area contributed by atoms with Crippen LogP contribution in [0.2, 0.25) is 0 Å². The van der Waals surface area contributed by atoms with Gasteiger partial charge in [0.1, 0.15) is 11.5 Å². The molecule has 0 fully saturated rings. The van der Waals surface area contributed by atoms with Crippen LogP contribution in [0.4, 0.5) is 15.8 Å². The molecule has 0 atom stereocenters. The van der Waals surface area contributed by atoms with Crippen molar-refractivity contribution >= 4 is 11.4 Å². The van der Waals surface area contributed by atoms with Crippen molar-refractivity contribution in [2.24, 2.45) is 5.73 Å². The summed E-state index contributed by atoms with van der Waals surface area (Å²) in [6.45, 7) is 3.20. The minimum Gasteiger partial charge on any atom is -0.365 e. The number of nitro groups is 1. The minimum atomic E-state index is -0.520. The number of rotatable bonds is 5. The maximum atomic E-state index is 13.1. The Hall–Kier alpha value is -1.69. The van der Waals surface area contributed by atoms with Crippen LogP contribution in [0.25, 0.3) is 0 Å². The first-order valence-corrected chi connectivity index (χ1v) is 4.99. The molecule has 0 saturated heterocycles. The van der Waals surface area contributed by atoms with Gasteiger partial charge < -0.3 is 10.6 Å². The highest BCUT2D eigenvalue weighted by Gasteiger charge is 2.18. The summed E-state index contributed by atoms with van der Waals surface area (Å²) in [6.07, 6.45) is 0.